The summed E-state index contributed by atoms with van der Waals surface area (Å²) in [5.41, 5.74) is 1.98. The molecule has 3 aromatic carbocycles. The number of benzene rings is 3. The molecule has 0 saturated carbocycles. The summed E-state index contributed by atoms with van der Waals surface area (Å²) >= 11 is 1.75. The van der Waals surface area contributed by atoms with Gasteiger partial charge in [-0.05, 0) is 29.3 Å². The van der Waals surface area contributed by atoms with E-state index < -0.39 is 0 Å². The van der Waals surface area contributed by atoms with Crippen molar-refractivity contribution in [2.45, 2.75) is 0 Å². The molecule has 21 heavy (non-hydrogen) atoms. The van der Waals surface area contributed by atoms with Gasteiger partial charge in [-0.1, -0.05) is 42.5 Å². The van der Waals surface area contributed by atoms with E-state index in [1.807, 2.05) is 30.3 Å². The van der Waals surface area contributed by atoms with Gasteiger partial charge in [0.2, 0.25) is 0 Å². The fraction of sp³-hybridized carbons (Fsp3) is 0. The van der Waals surface area contributed by atoms with Gasteiger partial charge in [-0.2, -0.15) is 0 Å². The number of hydrogen-bond acceptors (Lipinski definition) is 3. The minimum Gasteiger partial charge on any atom is -0.504 e. The van der Waals surface area contributed by atoms with Crippen molar-refractivity contribution < 1.29 is 10.2 Å². The molecular weight excluding hydrogens is 280 g/mol. The summed E-state index contributed by atoms with van der Waals surface area (Å²) < 4.78 is 2.45. The lowest BCUT2D eigenvalue weighted by molar-refractivity contribution is 0.404. The van der Waals surface area contributed by atoms with E-state index in [1.165, 1.54) is 26.2 Å². The second kappa shape index (κ2) is 4.50. The SMILES string of the molecule is Oc1ccc(-c2cccc3c2sc2ccccc23)cc1O. The maximum absolute atomic E-state index is 9.73. The first kappa shape index (κ1) is 12.2. The van der Waals surface area contributed by atoms with E-state index in [9.17, 15) is 10.2 Å². The topological polar surface area (TPSA) is 40.5 Å². The molecule has 2 nitrogen and oxygen atoms in total. The van der Waals surface area contributed by atoms with Crippen LogP contribution in [0.3, 0.4) is 0 Å². The minimum atomic E-state index is -0.0951. The van der Waals surface area contributed by atoms with Crippen LogP contribution in [0.15, 0.2) is 60.7 Å². The van der Waals surface area contributed by atoms with E-state index in [4.69, 9.17) is 0 Å². The predicted octanol–water partition coefficient (Wildman–Crippen LogP) is 5.13. The van der Waals surface area contributed by atoms with Crippen molar-refractivity contribution in [3.8, 4) is 22.6 Å². The van der Waals surface area contributed by atoms with Crippen molar-refractivity contribution in [2.75, 3.05) is 0 Å². The quantitative estimate of drug-likeness (QED) is 0.477. The highest BCUT2D eigenvalue weighted by Crippen LogP contribution is 2.41. The Morgan fingerprint density at radius 2 is 1.52 bits per heavy atom. The Kier molecular flexibility index (Phi) is 2.62. The molecule has 1 aromatic heterocycles. The van der Waals surface area contributed by atoms with Crippen molar-refractivity contribution in [1.82, 2.24) is 0 Å². The summed E-state index contributed by atoms with van der Waals surface area (Å²) in [6.07, 6.45) is 0. The first-order valence-electron chi connectivity index (χ1n) is 6.66. The monoisotopic (exact) mass is 292 g/mol. The average Bonchev–Trinajstić information content (AvgIpc) is 2.89. The van der Waals surface area contributed by atoms with Gasteiger partial charge in [0.1, 0.15) is 0 Å². The van der Waals surface area contributed by atoms with Gasteiger partial charge in [0, 0.05) is 20.2 Å². The van der Waals surface area contributed by atoms with Crippen molar-refractivity contribution in [2.24, 2.45) is 0 Å². The maximum Gasteiger partial charge on any atom is 0.158 e. The Morgan fingerprint density at radius 3 is 2.38 bits per heavy atom. The summed E-state index contributed by atoms with van der Waals surface area (Å²) in [6, 6.07) is 19.5. The smallest absolute Gasteiger partial charge is 0.158 e. The van der Waals surface area contributed by atoms with Crippen LogP contribution >= 0.6 is 11.3 Å². The number of phenolic OH excluding ortho intramolecular Hbond substituents is 2. The summed E-state index contributed by atoms with van der Waals surface area (Å²) in [4.78, 5) is 0. The molecule has 0 atom stereocenters. The third-order valence-corrected chi connectivity index (χ3v) is 4.91. The van der Waals surface area contributed by atoms with Crippen LogP contribution < -0.4 is 0 Å². The molecule has 0 radical (unpaired) electrons. The molecular formula is C18H12O2S. The van der Waals surface area contributed by atoms with Gasteiger partial charge >= 0.3 is 0 Å². The third-order valence-electron chi connectivity index (χ3n) is 3.69. The molecule has 1 heterocycles. The Bertz CT molecular complexity index is 969. The van der Waals surface area contributed by atoms with Crippen LogP contribution in [0, 0.1) is 0 Å². The first-order valence-corrected chi connectivity index (χ1v) is 7.48. The molecule has 0 saturated heterocycles. The first-order chi connectivity index (χ1) is 10.2. The number of thiophene rings is 1. The van der Waals surface area contributed by atoms with E-state index in [1.54, 1.807) is 17.4 Å². The van der Waals surface area contributed by atoms with Gasteiger partial charge in [-0.15, -0.1) is 11.3 Å². The van der Waals surface area contributed by atoms with Gasteiger partial charge in [-0.3, -0.25) is 0 Å². The zero-order chi connectivity index (χ0) is 14.4. The number of phenols is 2. The zero-order valence-corrected chi connectivity index (χ0v) is 11.9. The molecule has 3 heteroatoms. The highest BCUT2D eigenvalue weighted by atomic mass is 32.1. The largest absolute Gasteiger partial charge is 0.504 e. The highest BCUT2D eigenvalue weighted by molar-refractivity contribution is 7.26. The van der Waals surface area contributed by atoms with Crippen molar-refractivity contribution in [1.29, 1.82) is 0 Å². The number of fused-ring (bicyclic) bond motifs is 3. The molecule has 0 fully saturated rings. The molecule has 4 rings (SSSR count). The van der Waals surface area contributed by atoms with Crippen molar-refractivity contribution in [3.05, 3.63) is 60.7 Å². The molecule has 0 bridgehead atoms. The molecule has 0 aliphatic heterocycles. The molecule has 0 aliphatic rings. The lowest BCUT2D eigenvalue weighted by atomic mass is 10.0. The Labute approximate surface area is 125 Å². The van der Waals surface area contributed by atoms with Gasteiger partial charge < -0.3 is 10.2 Å². The average molecular weight is 292 g/mol. The second-order valence-corrected chi connectivity index (χ2v) is 6.04. The summed E-state index contributed by atoms with van der Waals surface area (Å²) in [5.74, 6) is -0.187. The standard InChI is InChI=1S/C18H12O2S/c19-15-9-8-11(10-16(15)20)12-5-3-6-14-13-4-1-2-7-17(13)21-18(12)14/h1-10,19-20H. The normalized spacial score (nSPS) is 11.2. The van der Waals surface area contributed by atoms with Gasteiger partial charge in [0.15, 0.2) is 11.5 Å². The highest BCUT2D eigenvalue weighted by Gasteiger charge is 2.11. The zero-order valence-electron chi connectivity index (χ0n) is 11.1. The van der Waals surface area contributed by atoms with Crippen LogP contribution in [-0.4, -0.2) is 10.2 Å². The van der Waals surface area contributed by atoms with E-state index in [0.717, 1.165) is 11.1 Å². The van der Waals surface area contributed by atoms with E-state index in [0.29, 0.717) is 0 Å². The lowest BCUT2D eigenvalue weighted by Crippen LogP contribution is -1.78. The lowest BCUT2D eigenvalue weighted by Gasteiger charge is -2.05. The third kappa shape index (κ3) is 1.86. The minimum absolute atomic E-state index is 0.0920. The summed E-state index contributed by atoms with van der Waals surface area (Å²) in [5, 5.41) is 21.7. The molecule has 0 unspecified atom stereocenters. The van der Waals surface area contributed by atoms with E-state index in [-0.39, 0.29) is 11.5 Å². The van der Waals surface area contributed by atoms with Crippen LogP contribution in [0.1, 0.15) is 0 Å². The van der Waals surface area contributed by atoms with Crippen LogP contribution in [0.4, 0.5) is 0 Å². The van der Waals surface area contributed by atoms with Crippen LogP contribution in [-0.2, 0) is 0 Å². The van der Waals surface area contributed by atoms with Crippen molar-refractivity contribution >= 4 is 31.5 Å². The summed E-state index contributed by atoms with van der Waals surface area (Å²) in [7, 11) is 0. The van der Waals surface area contributed by atoms with Gasteiger partial charge in [-0.25, -0.2) is 0 Å². The van der Waals surface area contributed by atoms with Crippen LogP contribution in [0.25, 0.3) is 31.3 Å². The Morgan fingerprint density at radius 1 is 0.714 bits per heavy atom. The maximum atomic E-state index is 9.73. The molecule has 0 spiro atoms. The second-order valence-electron chi connectivity index (χ2n) is 4.98. The van der Waals surface area contributed by atoms with E-state index in [2.05, 4.69) is 18.2 Å². The van der Waals surface area contributed by atoms with Crippen molar-refractivity contribution in [3.63, 3.8) is 0 Å². The fourth-order valence-corrected chi connectivity index (χ4v) is 3.90. The summed E-state index contributed by atoms with van der Waals surface area (Å²) in [6.45, 7) is 0. The fourth-order valence-electron chi connectivity index (χ4n) is 2.67. The molecule has 2 N–H and O–H groups in total. The van der Waals surface area contributed by atoms with Gasteiger partial charge in [0.05, 0.1) is 0 Å². The van der Waals surface area contributed by atoms with Crippen LogP contribution in [0.2, 0.25) is 0 Å². The number of hydrogen-bond donors (Lipinski definition) is 2. The predicted molar refractivity (Wildman–Crippen MR) is 88.1 cm³/mol. The Hall–Kier alpha value is -2.52. The van der Waals surface area contributed by atoms with Crippen LogP contribution in [0.5, 0.6) is 11.5 Å². The molecule has 4 aromatic rings. The van der Waals surface area contributed by atoms with Gasteiger partial charge in [0.25, 0.3) is 0 Å². The molecule has 102 valence electrons. The number of aromatic hydroxyl groups is 2. The number of rotatable bonds is 1. The van der Waals surface area contributed by atoms with E-state index >= 15 is 0 Å². The molecule has 0 aliphatic carbocycles. The molecule has 0 amide bonds. The Balaban J connectivity index is 2.06.